The number of carbonyl (C=O) groups is 1. The van der Waals surface area contributed by atoms with E-state index in [-0.39, 0.29) is 12.1 Å². The lowest BCUT2D eigenvalue weighted by Crippen LogP contribution is -2.09. The summed E-state index contributed by atoms with van der Waals surface area (Å²) in [5.41, 5.74) is 4.48. The fourth-order valence-electron chi connectivity index (χ4n) is 3.58. The molecule has 0 saturated carbocycles. The predicted octanol–water partition coefficient (Wildman–Crippen LogP) is 4.81. The molecule has 5 aromatic rings. The van der Waals surface area contributed by atoms with E-state index in [1.54, 1.807) is 24.3 Å². The summed E-state index contributed by atoms with van der Waals surface area (Å²) in [5.74, 6) is -0.506. The average Bonchev–Trinajstić information content (AvgIpc) is 3.31. The number of hydrogen-bond acceptors (Lipinski definition) is 5. The van der Waals surface area contributed by atoms with Gasteiger partial charge in [0.1, 0.15) is 0 Å². The molecule has 5 rings (SSSR count). The molecule has 33 heavy (non-hydrogen) atoms. The molecule has 0 radical (unpaired) electrons. The molecule has 2 aromatic heterocycles. The molecular formula is C26H19N5O2. The second-order valence-corrected chi connectivity index (χ2v) is 7.49. The SMILES string of the molecule is O=C(O)c1ccccc1Cn1nnc(-c2cccc(/C=C/c3ccc4ccccc4n3)c2)n1. The van der Waals surface area contributed by atoms with Crippen LogP contribution in [0.25, 0.3) is 34.4 Å². The zero-order valence-electron chi connectivity index (χ0n) is 17.5. The Morgan fingerprint density at radius 1 is 0.909 bits per heavy atom. The number of fused-ring (bicyclic) bond motifs is 1. The molecule has 0 bridgehead atoms. The third-order valence-corrected chi connectivity index (χ3v) is 5.22. The first-order valence-electron chi connectivity index (χ1n) is 10.4. The molecule has 1 N–H and O–H groups in total. The van der Waals surface area contributed by atoms with Crippen LogP contribution in [-0.4, -0.2) is 36.3 Å². The van der Waals surface area contributed by atoms with Gasteiger partial charge in [0.25, 0.3) is 0 Å². The number of benzene rings is 3. The van der Waals surface area contributed by atoms with Gasteiger partial charge in [0.2, 0.25) is 5.82 Å². The number of carboxylic acid groups (broad SMARTS) is 1. The van der Waals surface area contributed by atoms with Crippen molar-refractivity contribution in [1.82, 2.24) is 25.2 Å². The highest BCUT2D eigenvalue weighted by Gasteiger charge is 2.12. The topological polar surface area (TPSA) is 93.8 Å². The van der Waals surface area contributed by atoms with E-state index in [9.17, 15) is 9.90 Å². The number of aromatic nitrogens is 5. The zero-order chi connectivity index (χ0) is 22.6. The van der Waals surface area contributed by atoms with E-state index in [1.165, 1.54) is 4.80 Å². The van der Waals surface area contributed by atoms with E-state index in [4.69, 9.17) is 0 Å². The quantitative estimate of drug-likeness (QED) is 0.413. The normalized spacial score (nSPS) is 11.3. The van der Waals surface area contributed by atoms with Gasteiger partial charge in [-0.15, -0.1) is 10.2 Å². The maximum Gasteiger partial charge on any atom is 0.336 e. The van der Waals surface area contributed by atoms with Crippen LogP contribution < -0.4 is 0 Å². The number of aromatic carboxylic acids is 1. The molecule has 0 aliphatic heterocycles. The number of tetrazole rings is 1. The summed E-state index contributed by atoms with van der Waals surface area (Å²) in [4.78, 5) is 17.5. The summed E-state index contributed by atoms with van der Waals surface area (Å²) in [7, 11) is 0. The molecule has 3 aromatic carbocycles. The van der Waals surface area contributed by atoms with Gasteiger partial charge in [-0.3, -0.25) is 0 Å². The molecule has 0 aliphatic carbocycles. The Kier molecular flexibility index (Phi) is 5.43. The number of para-hydroxylation sites is 1. The lowest BCUT2D eigenvalue weighted by atomic mass is 10.1. The van der Waals surface area contributed by atoms with Crippen molar-refractivity contribution < 1.29 is 9.90 Å². The minimum atomic E-state index is -0.980. The van der Waals surface area contributed by atoms with E-state index >= 15 is 0 Å². The monoisotopic (exact) mass is 433 g/mol. The lowest BCUT2D eigenvalue weighted by Gasteiger charge is -2.04. The molecule has 160 valence electrons. The lowest BCUT2D eigenvalue weighted by molar-refractivity contribution is 0.0695. The summed E-state index contributed by atoms with van der Waals surface area (Å²) >= 11 is 0. The van der Waals surface area contributed by atoms with Gasteiger partial charge < -0.3 is 5.11 Å². The van der Waals surface area contributed by atoms with Crippen LogP contribution in [0.15, 0.2) is 84.9 Å². The molecule has 0 saturated heterocycles. The van der Waals surface area contributed by atoms with Gasteiger partial charge in [-0.25, -0.2) is 9.78 Å². The minimum Gasteiger partial charge on any atom is -0.478 e. The Bertz CT molecular complexity index is 1490. The van der Waals surface area contributed by atoms with Gasteiger partial charge in [0.15, 0.2) is 0 Å². The number of pyridine rings is 1. The summed E-state index contributed by atoms with van der Waals surface area (Å²) in [6.07, 6.45) is 3.97. The van der Waals surface area contributed by atoms with E-state index in [0.29, 0.717) is 11.4 Å². The van der Waals surface area contributed by atoms with Gasteiger partial charge in [0, 0.05) is 10.9 Å². The summed E-state index contributed by atoms with van der Waals surface area (Å²) in [5, 5.41) is 23.2. The Hall–Kier alpha value is -4.65. The van der Waals surface area contributed by atoms with Crippen LogP contribution in [0.3, 0.4) is 0 Å². The first-order chi connectivity index (χ1) is 16.2. The largest absolute Gasteiger partial charge is 0.478 e. The van der Waals surface area contributed by atoms with Gasteiger partial charge in [0.05, 0.1) is 23.3 Å². The van der Waals surface area contributed by atoms with Crippen LogP contribution in [0, 0.1) is 0 Å². The second kappa shape index (κ2) is 8.84. The highest BCUT2D eigenvalue weighted by atomic mass is 16.4. The van der Waals surface area contributed by atoms with E-state index in [0.717, 1.165) is 27.7 Å². The maximum atomic E-state index is 11.4. The summed E-state index contributed by atoms with van der Waals surface area (Å²) in [6.45, 7) is 0.225. The highest BCUT2D eigenvalue weighted by Crippen LogP contribution is 2.19. The minimum absolute atomic E-state index is 0.225. The van der Waals surface area contributed by atoms with Crippen LogP contribution in [0.2, 0.25) is 0 Å². The number of rotatable bonds is 6. The summed E-state index contributed by atoms with van der Waals surface area (Å²) < 4.78 is 0. The molecule has 0 unspecified atom stereocenters. The molecule has 0 spiro atoms. The fourth-order valence-corrected chi connectivity index (χ4v) is 3.58. The number of nitrogens with zero attached hydrogens (tertiary/aromatic N) is 5. The standard InChI is InChI=1S/C26H19N5O2/c32-26(33)23-10-3-1-8-21(23)17-31-29-25(28-30-31)20-9-5-6-18(16-20)12-14-22-15-13-19-7-2-4-11-24(19)27-22/h1-16H,17H2,(H,32,33)/b14-12+. The van der Waals surface area contributed by atoms with Crippen molar-refractivity contribution in [2.45, 2.75) is 6.54 Å². The van der Waals surface area contributed by atoms with E-state index in [2.05, 4.69) is 26.5 Å². The zero-order valence-corrected chi connectivity index (χ0v) is 17.5. The smallest absolute Gasteiger partial charge is 0.336 e. The highest BCUT2D eigenvalue weighted by molar-refractivity contribution is 5.89. The Balaban J connectivity index is 1.36. The van der Waals surface area contributed by atoms with E-state index in [1.807, 2.05) is 66.7 Å². The van der Waals surface area contributed by atoms with Gasteiger partial charge in [-0.1, -0.05) is 66.7 Å². The van der Waals surface area contributed by atoms with E-state index < -0.39 is 5.97 Å². The van der Waals surface area contributed by atoms with Gasteiger partial charge in [-0.2, -0.15) is 4.80 Å². The van der Waals surface area contributed by atoms with Crippen molar-refractivity contribution in [3.8, 4) is 11.4 Å². The first kappa shape index (κ1) is 20.3. The molecular weight excluding hydrogens is 414 g/mol. The molecule has 7 nitrogen and oxygen atoms in total. The third-order valence-electron chi connectivity index (χ3n) is 5.22. The molecule has 0 fully saturated rings. The van der Waals surface area contributed by atoms with Crippen LogP contribution in [0.5, 0.6) is 0 Å². The molecule has 0 atom stereocenters. The van der Waals surface area contributed by atoms with Gasteiger partial charge in [-0.05, 0) is 46.7 Å². The number of hydrogen-bond donors (Lipinski definition) is 1. The van der Waals surface area contributed by atoms with Crippen LogP contribution in [0.4, 0.5) is 0 Å². The maximum absolute atomic E-state index is 11.4. The number of carboxylic acids is 1. The first-order valence-corrected chi connectivity index (χ1v) is 10.4. The van der Waals surface area contributed by atoms with Crippen molar-refractivity contribution in [2.24, 2.45) is 0 Å². The van der Waals surface area contributed by atoms with Crippen molar-refractivity contribution in [3.05, 3.63) is 107 Å². The average molecular weight is 433 g/mol. The Labute approximate surface area is 189 Å². The van der Waals surface area contributed by atoms with Crippen molar-refractivity contribution in [3.63, 3.8) is 0 Å². The Morgan fingerprint density at radius 3 is 2.67 bits per heavy atom. The van der Waals surface area contributed by atoms with Crippen LogP contribution >= 0.6 is 0 Å². The Morgan fingerprint density at radius 2 is 1.76 bits per heavy atom. The van der Waals surface area contributed by atoms with Crippen molar-refractivity contribution >= 4 is 29.0 Å². The summed E-state index contributed by atoms with van der Waals surface area (Å²) in [6, 6.07) is 26.7. The molecule has 7 heteroatoms. The fraction of sp³-hybridized carbons (Fsp3) is 0.0385. The molecule has 2 heterocycles. The van der Waals surface area contributed by atoms with Gasteiger partial charge >= 0.3 is 5.97 Å². The molecule has 0 amide bonds. The predicted molar refractivity (Wildman–Crippen MR) is 126 cm³/mol. The van der Waals surface area contributed by atoms with Crippen LogP contribution in [0.1, 0.15) is 27.2 Å². The second-order valence-electron chi connectivity index (χ2n) is 7.49. The van der Waals surface area contributed by atoms with Crippen molar-refractivity contribution in [2.75, 3.05) is 0 Å². The third kappa shape index (κ3) is 4.52. The van der Waals surface area contributed by atoms with Crippen molar-refractivity contribution in [1.29, 1.82) is 0 Å². The molecule has 0 aliphatic rings. The van der Waals surface area contributed by atoms with Crippen LogP contribution in [-0.2, 0) is 6.54 Å².